The molecule has 3 rings (SSSR count). The molecular formula is C13H16FN3. The van der Waals surface area contributed by atoms with E-state index in [0.717, 1.165) is 36.1 Å². The molecule has 0 aliphatic carbocycles. The van der Waals surface area contributed by atoms with Crippen molar-refractivity contribution < 1.29 is 4.39 Å². The number of rotatable bonds is 2. The lowest BCUT2D eigenvalue weighted by molar-refractivity contribution is 0.370. The molecule has 90 valence electrons. The van der Waals surface area contributed by atoms with Gasteiger partial charge in [-0.15, -0.1) is 0 Å². The molecule has 0 spiro atoms. The van der Waals surface area contributed by atoms with E-state index in [4.69, 9.17) is 0 Å². The summed E-state index contributed by atoms with van der Waals surface area (Å²) in [6.07, 6.45) is 3.44. The van der Waals surface area contributed by atoms with Gasteiger partial charge in [0, 0.05) is 17.1 Å². The van der Waals surface area contributed by atoms with Gasteiger partial charge in [-0.05, 0) is 50.4 Å². The maximum atomic E-state index is 13.0. The third-order valence-electron chi connectivity index (χ3n) is 3.55. The van der Waals surface area contributed by atoms with Crippen LogP contribution in [0.1, 0.15) is 18.5 Å². The van der Waals surface area contributed by atoms with Gasteiger partial charge in [-0.3, -0.25) is 5.10 Å². The van der Waals surface area contributed by atoms with E-state index in [0.29, 0.717) is 5.92 Å². The molecule has 17 heavy (non-hydrogen) atoms. The van der Waals surface area contributed by atoms with Crippen molar-refractivity contribution in [2.75, 3.05) is 13.1 Å². The Morgan fingerprint density at radius 3 is 2.94 bits per heavy atom. The third-order valence-corrected chi connectivity index (χ3v) is 3.55. The summed E-state index contributed by atoms with van der Waals surface area (Å²) >= 11 is 0. The zero-order valence-electron chi connectivity index (χ0n) is 9.67. The second-order valence-electron chi connectivity index (χ2n) is 4.76. The summed E-state index contributed by atoms with van der Waals surface area (Å²) in [4.78, 5) is 0. The van der Waals surface area contributed by atoms with Crippen LogP contribution in [0.2, 0.25) is 0 Å². The van der Waals surface area contributed by atoms with Crippen LogP contribution in [0.3, 0.4) is 0 Å². The Kier molecular flexibility index (Phi) is 2.81. The van der Waals surface area contributed by atoms with Crippen molar-refractivity contribution in [3.05, 3.63) is 29.7 Å². The minimum absolute atomic E-state index is 0.225. The normalized spacial score (nSPS) is 17.7. The van der Waals surface area contributed by atoms with Crippen molar-refractivity contribution in [2.24, 2.45) is 5.92 Å². The van der Waals surface area contributed by atoms with Crippen LogP contribution < -0.4 is 5.32 Å². The highest BCUT2D eigenvalue weighted by Crippen LogP contribution is 2.23. The number of fused-ring (bicyclic) bond motifs is 1. The van der Waals surface area contributed by atoms with E-state index in [1.165, 1.54) is 25.0 Å². The lowest BCUT2D eigenvalue weighted by Gasteiger charge is -2.21. The smallest absolute Gasteiger partial charge is 0.125 e. The SMILES string of the molecule is Fc1ccc2c(CC3CCNCC3)[nH]nc2c1. The first-order valence-electron chi connectivity index (χ1n) is 6.16. The van der Waals surface area contributed by atoms with Crippen LogP contribution in [0, 0.1) is 11.7 Å². The van der Waals surface area contributed by atoms with Crippen molar-refractivity contribution in [1.82, 2.24) is 15.5 Å². The molecule has 0 unspecified atom stereocenters. The molecule has 2 N–H and O–H groups in total. The van der Waals surface area contributed by atoms with Gasteiger partial charge in [0.15, 0.2) is 0 Å². The third kappa shape index (κ3) is 2.17. The Morgan fingerprint density at radius 1 is 1.29 bits per heavy atom. The molecule has 0 bridgehead atoms. The van der Waals surface area contributed by atoms with E-state index in [9.17, 15) is 4.39 Å². The largest absolute Gasteiger partial charge is 0.317 e. The number of benzene rings is 1. The van der Waals surface area contributed by atoms with Crippen molar-refractivity contribution in [3.8, 4) is 0 Å². The summed E-state index contributed by atoms with van der Waals surface area (Å²) < 4.78 is 13.0. The Hall–Kier alpha value is -1.42. The molecule has 0 atom stereocenters. The number of piperidine rings is 1. The number of nitrogens with one attached hydrogen (secondary N) is 2. The van der Waals surface area contributed by atoms with E-state index < -0.39 is 0 Å². The lowest BCUT2D eigenvalue weighted by Crippen LogP contribution is -2.28. The average Bonchev–Trinajstić information content (AvgIpc) is 2.73. The molecule has 2 aromatic rings. The second-order valence-corrected chi connectivity index (χ2v) is 4.76. The fourth-order valence-electron chi connectivity index (χ4n) is 2.57. The first-order valence-corrected chi connectivity index (χ1v) is 6.16. The zero-order chi connectivity index (χ0) is 11.7. The molecule has 0 radical (unpaired) electrons. The molecule has 1 aromatic carbocycles. The van der Waals surface area contributed by atoms with E-state index in [1.54, 1.807) is 0 Å². The Balaban J connectivity index is 1.84. The molecule has 1 aliphatic heterocycles. The van der Waals surface area contributed by atoms with Gasteiger partial charge in [0.25, 0.3) is 0 Å². The highest BCUT2D eigenvalue weighted by molar-refractivity contribution is 5.81. The maximum absolute atomic E-state index is 13.0. The minimum Gasteiger partial charge on any atom is -0.317 e. The Labute approximate surface area is 99.4 Å². The maximum Gasteiger partial charge on any atom is 0.125 e. The topological polar surface area (TPSA) is 40.7 Å². The van der Waals surface area contributed by atoms with Gasteiger partial charge in [-0.2, -0.15) is 5.10 Å². The Morgan fingerprint density at radius 2 is 2.12 bits per heavy atom. The molecule has 1 aromatic heterocycles. The van der Waals surface area contributed by atoms with Crippen molar-refractivity contribution >= 4 is 10.9 Å². The van der Waals surface area contributed by atoms with Crippen LogP contribution in [0.4, 0.5) is 4.39 Å². The van der Waals surface area contributed by atoms with Crippen LogP contribution in [0.25, 0.3) is 10.9 Å². The number of aromatic nitrogens is 2. The second kappa shape index (κ2) is 4.45. The molecule has 2 heterocycles. The van der Waals surface area contributed by atoms with Gasteiger partial charge >= 0.3 is 0 Å². The first-order chi connectivity index (χ1) is 8.33. The van der Waals surface area contributed by atoms with E-state index in [1.807, 2.05) is 6.07 Å². The minimum atomic E-state index is -0.225. The number of aromatic amines is 1. The van der Waals surface area contributed by atoms with E-state index in [-0.39, 0.29) is 5.82 Å². The fourth-order valence-corrected chi connectivity index (χ4v) is 2.57. The van der Waals surface area contributed by atoms with Crippen LogP contribution in [0.5, 0.6) is 0 Å². The predicted molar refractivity (Wildman–Crippen MR) is 65.3 cm³/mol. The van der Waals surface area contributed by atoms with Gasteiger partial charge in [0.2, 0.25) is 0 Å². The van der Waals surface area contributed by atoms with Gasteiger partial charge in [-0.25, -0.2) is 4.39 Å². The van der Waals surface area contributed by atoms with Gasteiger partial charge < -0.3 is 5.32 Å². The molecule has 1 saturated heterocycles. The number of nitrogens with zero attached hydrogens (tertiary/aromatic N) is 1. The summed E-state index contributed by atoms with van der Waals surface area (Å²) in [5, 5.41) is 11.6. The lowest BCUT2D eigenvalue weighted by atomic mass is 9.92. The van der Waals surface area contributed by atoms with Crippen molar-refractivity contribution in [2.45, 2.75) is 19.3 Å². The summed E-state index contributed by atoms with van der Waals surface area (Å²) in [5.41, 5.74) is 1.88. The van der Waals surface area contributed by atoms with E-state index in [2.05, 4.69) is 15.5 Å². The van der Waals surface area contributed by atoms with Crippen molar-refractivity contribution in [1.29, 1.82) is 0 Å². The molecule has 0 amide bonds. The van der Waals surface area contributed by atoms with Crippen molar-refractivity contribution in [3.63, 3.8) is 0 Å². The number of hydrogen-bond acceptors (Lipinski definition) is 2. The summed E-state index contributed by atoms with van der Waals surface area (Å²) in [5.74, 6) is 0.488. The standard InChI is InChI=1S/C13H16FN3/c14-10-1-2-11-12(16-17-13(11)8-10)7-9-3-5-15-6-4-9/h1-2,8-9,15H,3-7H2,(H,16,17). The predicted octanol–water partition coefficient (Wildman–Crippen LogP) is 2.24. The monoisotopic (exact) mass is 233 g/mol. The van der Waals surface area contributed by atoms with Gasteiger partial charge in [0.1, 0.15) is 5.82 Å². The van der Waals surface area contributed by atoms with Crippen LogP contribution in [0.15, 0.2) is 18.2 Å². The van der Waals surface area contributed by atoms with Gasteiger partial charge in [0.05, 0.1) is 5.52 Å². The number of halogens is 1. The first kappa shape index (κ1) is 10.7. The van der Waals surface area contributed by atoms with Gasteiger partial charge in [-0.1, -0.05) is 0 Å². The number of H-pyrrole nitrogens is 1. The summed E-state index contributed by atoms with van der Waals surface area (Å²) in [7, 11) is 0. The van der Waals surface area contributed by atoms with E-state index >= 15 is 0 Å². The molecule has 3 nitrogen and oxygen atoms in total. The fraction of sp³-hybridized carbons (Fsp3) is 0.462. The van der Waals surface area contributed by atoms with Crippen LogP contribution in [-0.2, 0) is 6.42 Å². The van der Waals surface area contributed by atoms with Crippen LogP contribution >= 0.6 is 0 Å². The van der Waals surface area contributed by atoms with Crippen LogP contribution in [-0.4, -0.2) is 23.3 Å². The zero-order valence-corrected chi connectivity index (χ0v) is 9.67. The highest BCUT2D eigenvalue weighted by Gasteiger charge is 2.16. The molecule has 1 fully saturated rings. The quantitative estimate of drug-likeness (QED) is 0.835. The number of hydrogen-bond donors (Lipinski definition) is 2. The molecule has 1 aliphatic rings. The highest BCUT2D eigenvalue weighted by atomic mass is 19.1. The average molecular weight is 233 g/mol. The molecule has 4 heteroatoms. The summed E-state index contributed by atoms with van der Waals surface area (Å²) in [6, 6.07) is 4.81. The Bertz CT molecular complexity index is 514. The summed E-state index contributed by atoms with van der Waals surface area (Å²) in [6.45, 7) is 2.21. The molecule has 0 saturated carbocycles. The molecular weight excluding hydrogens is 217 g/mol.